The Labute approximate surface area is 196 Å². The molecule has 33 heavy (non-hydrogen) atoms. The van der Waals surface area contributed by atoms with E-state index in [0.717, 1.165) is 44.9 Å². The number of rotatable bonds is 7. The van der Waals surface area contributed by atoms with Gasteiger partial charge in [0.25, 0.3) is 5.91 Å². The molecular formula is C25H39N5O3. The van der Waals surface area contributed by atoms with Gasteiger partial charge in [-0.15, -0.1) is 0 Å². The van der Waals surface area contributed by atoms with E-state index in [4.69, 9.17) is 5.73 Å². The first-order chi connectivity index (χ1) is 15.9. The highest BCUT2D eigenvalue weighted by Crippen LogP contribution is 2.38. The van der Waals surface area contributed by atoms with Crippen LogP contribution in [0.5, 0.6) is 0 Å². The third-order valence-electron chi connectivity index (χ3n) is 8.08. The molecule has 0 bridgehead atoms. The van der Waals surface area contributed by atoms with Crippen molar-refractivity contribution >= 4 is 11.8 Å². The van der Waals surface area contributed by atoms with Crippen LogP contribution in [0.2, 0.25) is 0 Å². The molecule has 1 saturated heterocycles. The normalized spacial score (nSPS) is 31.0. The van der Waals surface area contributed by atoms with Crippen molar-refractivity contribution in [3.05, 3.63) is 34.2 Å². The van der Waals surface area contributed by atoms with Crippen molar-refractivity contribution in [2.45, 2.75) is 94.9 Å². The van der Waals surface area contributed by atoms with E-state index >= 15 is 0 Å². The maximum absolute atomic E-state index is 13.3. The van der Waals surface area contributed by atoms with E-state index in [9.17, 15) is 14.4 Å². The molecule has 1 unspecified atom stereocenters. The lowest BCUT2D eigenvalue weighted by atomic mass is 9.74. The van der Waals surface area contributed by atoms with Gasteiger partial charge in [0.05, 0.1) is 5.56 Å². The lowest BCUT2D eigenvalue weighted by Crippen LogP contribution is -2.51. The summed E-state index contributed by atoms with van der Waals surface area (Å²) >= 11 is 0. The number of hydrogen-bond acceptors (Lipinski definition) is 5. The second-order valence-electron chi connectivity index (χ2n) is 10.5. The number of likely N-dealkylation sites (N-methyl/N-ethyl adjacent to an activating group) is 1. The zero-order valence-electron chi connectivity index (χ0n) is 19.8. The first-order valence-corrected chi connectivity index (χ1v) is 12.7. The molecule has 2 amide bonds. The summed E-state index contributed by atoms with van der Waals surface area (Å²) in [7, 11) is 1.79. The molecule has 8 nitrogen and oxygen atoms in total. The molecule has 1 aliphatic heterocycles. The maximum atomic E-state index is 13.3. The second-order valence-corrected chi connectivity index (χ2v) is 10.5. The molecule has 1 aromatic rings. The highest BCUT2D eigenvalue weighted by molar-refractivity contribution is 5.94. The van der Waals surface area contributed by atoms with Gasteiger partial charge in [0.15, 0.2) is 0 Å². The van der Waals surface area contributed by atoms with Crippen LogP contribution < -0.4 is 21.9 Å². The van der Waals surface area contributed by atoms with E-state index in [0.29, 0.717) is 17.4 Å². The summed E-state index contributed by atoms with van der Waals surface area (Å²) in [6.07, 6.45) is 14.0. The minimum atomic E-state index is -0.596. The molecule has 4 atom stereocenters. The van der Waals surface area contributed by atoms with Crippen molar-refractivity contribution in [3.63, 3.8) is 0 Å². The average Bonchev–Trinajstić information content (AvgIpc) is 3.02. The molecule has 0 radical (unpaired) electrons. The Morgan fingerprint density at radius 2 is 1.88 bits per heavy atom. The lowest BCUT2D eigenvalue weighted by Gasteiger charge is -2.37. The fourth-order valence-electron chi connectivity index (χ4n) is 6.18. The summed E-state index contributed by atoms with van der Waals surface area (Å²) in [6, 6.07) is 2.99. The molecule has 4 rings (SSSR count). The Bertz CT molecular complexity index is 876. The van der Waals surface area contributed by atoms with Crippen LogP contribution in [-0.2, 0) is 4.79 Å². The maximum Gasteiger partial charge on any atom is 0.252 e. The topological polar surface area (TPSA) is 120 Å². The summed E-state index contributed by atoms with van der Waals surface area (Å²) in [5.41, 5.74) is 5.88. The van der Waals surface area contributed by atoms with E-state index in [-0.39, 0.29) is 23.4 Å². The van der Waals surface area contributed by atoms with E-state index in [1.807, 2.05) is 0 Å². The number of nitrogens with zero attached hydrogens (tertiary/aromatic N) is 1. The molecule has 2 saturated carbocycles. The van der Waals surface area contributed by atoms with Crippen LogP contribution in [0.3, 0.4) is 0 Å². The van der Waals surface area contributed by atoms with Crippen LogP contribution >= 0.6 is 0 Å². The molecular weight excluding hydrogens is 418 g/mol. The molecule has 8 heteroatoms. The smallest absolute Gasteiger partial charge is 0.252 e. The van der Waals surface area contributed by atoms with Crippen LogP contribution in [0.25, 0.3) is 0 Å². The Morgan fingerprint density at radius 1 is 1.12 bits per heavy atom. The number of aromatic nitrogens is 1. The molecule has 2 aliphatic carbocycles. The van der Waals surface area contributed by atoms with E-state index < -0.39 is 11.8 Å². The monoisotopic (exact) mass is 457 g/mol. The SMILES string of the molecule is CN1C(=O)[C@@](CCC2CCCCC2)(C[C@H]2CCC[C@@H](NC(=O)c3ccc(=O)[nH]c3)C2)NC1N. The van der Waals surface area contributed by atoms with Gasteiger partial charge in [0, 0.05) is 25.4 Å². The van der Waals surface area contributed by atoms with Crippen molar-refractivity contribution in [3.8, 4) is 0 Å². The van der Waals surface area contributed by atoms with Gasteiger partial charge in [-0.1, -0.05) is 44.9 Å². The molecule has 0 aromatic carbocycles. The van der Waals surface area contributed by atoms with Crippen molar-refractivity contribution < 1.29 is 9.59 Å². The first-order valence-electron chi connectivity index (χ1n) is 12.7. The minimum Gasteiger partial charge on any atom is -0.349 e. The third-order valence-corrected chi connectivity index (χ3v) is 8.08. The number of carbonyl (C=O) groups is 2. The van der Waals surface area contributed by atoms with Crippen molar-refractivity contribution in [1.29, 1.82) is 0 Å². The van der Waals surface area contributed by atoms with Gasteiger partial charge >= 0.3 is 0 Å². The van der Waals surface area contributed by atoms with Gasteiger partial charge < -0.3 is 15.2 Å². The molecule has 3 aliphatic rings. The number of amides is 2. The van der Waals surface area contributed by atoms with Gasteiger partial charge in [-0.05, 0) is 50.0 Å². The number of aromatic amines is 1. The molecule has 3 fully saturated rings. The Balaban J connectivity index is 1.40. The fraction of sp³-hybridized carbons (Fsp3) is 0.720. The summed E-state index contributed by atoms with van der Waals surface area (Å²) in [5, 5.41) is 6.61. The van der Waals surface area contributed by atoms with Gasteiger partial charge in [-0.25, -0.2) is 0 Å². The Morgan fingerprint density at radius 3 is 2.55 bits per heavy atom. The number of pyridine rings is 1. The summed E-state index contributed by atoms with van der Waals surface area (Å²) in [6.45, 7) is 0. The Kier molecular flexibility index (Phi) is 7.54. The van der Waals surface area contributed by atoms with Crippen LogP contribution in [0.15, 0.2) is 23.1 Å². The largest absolute Gasteiger partial charge is 0.349 e. The van der Waals surface area contributed by atoms with Gasteiger partial charge in [-0.3, -0.25) is 25.4 Å². The van der Waals surface area contributed by atoms with Crippen molar-refractivity contribution in [1.82, 2.24) is 20.5 Å². The van der Waals surface area contributed by atoms with Crippen LogP contribution in [0, 0.1) is 11.8 Å². The molecule has 5 N–H and O–H groups in total. The van der Waals surface area contributed by atoms with Crippen molar-refractivity contribution in [2.75, 3.05) is 7.05 Å². The quantitative estimate of drug-likeness (QED) is 0.501. The van der Waals surface area contributed by atoms with Crippen molar-refractivity contribution in [2.24, 2.45) is 17.6 Å². The number of carbonyl (C=O) groups excluding carboxylic acids is 2. The average molecular weight is 458 g/mol. The predicted octanol–water partition coefficient (Wildman–Crippen LogP) is 2.46. The summed E-state index contributed by atoms with van der Waals surface area (Å²) in [5.74, 6) is 1.01. The molecule has 1 aromatic heterocycles. The minimum absolute atomic E-state index is 0.0708. The number of nitrogens with two attached hydrogens (primary N) is 1. The zero-order chi connectivity index (χ0) is 23.4. The van der Waals surface area contributed by atoms with E-state index in [2.05, 4.69) is 15.6 Å². The lowest BCUT2D eigenvalue weighted by molar-refractivity contribution is -0.133. The standard InChI is InChI=1S/C25H39N5O3/c1-30-23(33)25(29-24(30)26,13-12-17-6-3-2-4-7-17)15-18-8-5-9-20(14-18)28-22(32)19-10-11-21(31)27-16-19/h10-11,16-18,20,24,29H,2-9,12-15,26H2,1H3,(H,27,31)(H,28,32)/t18-,20+,24?,25+/m0/s1. The van der Waals surface area contributed by atoms with Crippen LogP contribution in [0.4, 0.5) is 0 Å². The number of nitrogens with one attached hydrogen (secondary N) is 3. The van der Waals surface area contributed by atoms with E-state index in [1.54, 1.807) is 18.0 Å². The van der Waals surface area contributed by atoms with Gasteiger partial charge in [0.2, 0.25) is 11.5 Å². The summed E-state index contributed by atoms with van der Waals surface area (Å²) in [4.78, 5) is 41.4. The van der Waals surface area contributed by atoms with Gasteiger partial charge in [0.1, 0.15) is 11.8 Å². The Hall–Kier alpha value is -2.19. The molecule has 0 spiro atoms. The highest BCUT2D eigenvalue weighted by Gasteiger charge is 2.49. The molecule has 182 valence electrons. The van der Waals surface area contributed by atoms with Crippen LogP contribution in [0.1, 0.15) is 87.4 Å². The van der Waals surface area contributed by atoms with Crippen LogP contribution in [-0.4, -0.2) is 46.6 Å². The van der Waals surface area contributed by atoms with Gasteiger partial charge in [-0.2, -0.15) is 0 Å². The molecule has 2 heterocycles. The number of hydrogen-bond donors (Lipinski definition) is 4. The predicted molar refractivity (Wildman–Crippen MR) is 127 cm³/mol. The second kappa shape index (κ2) is 10.4. The zero-order valence-corrected chi connectivity index (χ0v) is 19.8. The van der Waals surface area contributed by atoms with E-state index in [1.165, 1.54) is 44.4 Å². The third kappa shape index (κ3) is 5.66. The summed E-state index contributed by atoms with van der Waals surface area (Å²) < 4.78 is 0. The first kappa shape index (κ1) is 24.0. The number of H-pyrrole nitrogens is 1. The fourth-order valence-corrected chi connectivity index (χ4v) is 6.18. The highest BCUT2D eigenvalue weighted by atomic mass is 16.2.